The summed E-state index contributed by atoms with van der Waals surface area (Å²) in [5, 5.41) is 5.24. The molecule has 0 unspecified atom stereocenters. The fourth-order valence-electron chi connectivity index (χ4n) is 2.38. The molecule has 9 nitrogen and oxygen atoms in total. The molecular formula is C19H23N3O6S. The molecule has 2 rings (SSSR count). The lowest BCUT2D eigenvalue weighted by atomic mass is 10.1. The van der Waals surface area contributed by atoms with Crippen LogP contribution in [0.4, 0.5) is 16.2 Å². The van der Waals surface area contributed by atoms with Gasteiger partial charge in [0.2, 0.25) is 10.0 Å². The fraction of sp³-hybridized carbons (Fsp3) is 0.263. The minimum Gasteiger partial charge on any atom is -0.447 e. The number of carbonyl (C=O) groups excluding carboxylic acids is 2. The molecule has 0 aliphatic carbocycles. The summed E-state index contributed by atoms with van der Waals surface area (Å²) in [7, 11) is -0.876. The van der Waals surface area contributed by atoms with Crippen LogP contribution in [0.15, 0.2) is 47.4 Å². The topological polar surface area (TPSA) is 123 Å². The van der Waals surface area contributed by atoms with E-state index in [1.807, 2.05) is 0 Å². The van der Waals surface area contributed by atoms with Gasteiger partial charge in [-0.25, -0.2) is 17.9 Å². The van der Waals surface area contributed by atoms with Gasteiger partial charge in [-0.2, -0.15) is 0 Å². The predicted octanol–water partition coefficient (Wildman–Crippen LogP) is 2.35. The molecule has 0 radical (unpaired) electrons. The third-order valence-corrected chi connectivity index (χ3v) is 5.33. The molecule has 0 heterocycles. The van der Waals surface area contributed by atoms with Gasteiger partial charge in [0.15, 0.2) is 0 Å². The molecule has 0 aliphatic rings. The lowest BCUT2D eigenvalue weighted by Crippen LogP contribution is -2.20. The van der Waals surface area contributed by atoms with Crippen molar-refractivity contribution in [2.24, 2.45) is 0 Å². The zero-order valence-electron chi connectivity index (χ0n) is 16.3. The Bertz CT molecular complexity index is 991. The number of hydrogen-bond donors (Lipinski definition) is 3. The lowest BCUT2D eigenvalue weighted by Gasteiger charge is -2.11. The van der Waals surface area contributed by atoms with Gasteiger partial charge in [0.05, 0.1) is 11.5 Å². The standard InChI is InChI=1S/C19H23N3O6S/c1-13-7-8-16(29(25,26)20-2)12-17(13)18(23)21-14-5-4-6-15(11-14)22-19(24)28-10-9-27-3/h4-8,11-12,20H,9-10H2,1-3H3,(H,21,23)(H,22,24). The maximum Gasteiger partial charge on any atom is 0.411 e. The van der Waals surface area contributed by atoms with E-state index in [1.54, 1.807) is 37.3 Å². The van der Waals surface area contributed by atoms with Crippen LogP contribution in [0.2, 0.25) is 0 Å². The Balaban J connectivity index is 2.13. The predicted molar refractivity (Wildman–Crippen MR) is 109 cm³/mol. The van der Waals surface area contributed by atoms with Crippen LogP contribution in [0.3, 0.4) is 0 Å². The number of ether oxygens (including phenoxy) is 2. The van der Waals surface area contributed by atoms with Crippen molar-refractivity contribution in [1.29, 1.82) is 0 Å². The van der Waals surface area contributed by atoms with Gasteiger partial charge >= 0.3 is 6.09 Å². The summed E-state index contributed by atoms with van der Waals surface area (Å²) in [6, 6.07) is 10.8. The monoisotopic (exact) mass is 421 g/mol. The number of anilines is 2. The van der Waals surface area contributed by atoms with Crippen LogP contribution in [-0.4, -0.2) is 47.8 Å². The summed E-state index contributed by atoms with van der Waals surface area (Å²) < 4.78 is 35.9. The minimum atomic E-state index is -3.67. The molecule has 0 fully saturated rings. The van der Waals surface area contributed by atoms with Gasteiger partial charge in [0, 0.05) is 24.0 Å². The molecule has 10 heteroatoms. The maximum absolute atomic E-state index is 12.7. The second kappa shape index (κ2) is 10.0. The van der Waals surface area contributed by atoms with Crippen LogP contribution in [0.1, 0.15) is 15.9 Å². The van der Waals surface area contributed by atoms with E-state index in [-0.39, 0.29) is 23.7 Å². The first-order chi connectivity index (χ1) is 13.8. The molecular weight excluding hydrogens is 398 g/mol. The van der Waals surface area contributed by atoms with Gasteiger partial charge in [-0.05, 0) is 49.9 Å². The third kappa shape index (κ3) is 6.28. The van der Waals surface area contributed by atoms with Crippen LogP contribution in [0.5, 0.6) is 0 Å². The van der Waals surface area contributed by atoms with E-state index < -0.39 is 22.0 Å². The normalized spacial score (nSPS) is 11.0. The Morgan fingerprint density at radius 2 is 1.69 bits per heavy atom. The average Bonchev–Trinajstić information content (AvgIpc) is 2.68. The van der Waals surface area contributed by atoms with Gasteiger partial charge in [-0.15, -0.1) is 0 Å². The second-order valence-corrected chi connectivity index (χ2v) is 7.86. The minimum absolute atomic E-state index is 0.00929. The molecule has 0 spiro atoms. The first-order valence-electron chi connectivity index (χ1n) is 8.65. The first-order valence-corrected chi connectivity index (χ1v) is 10.1. The Morgan fingerprint density at radius 1 is 1.00 bits per heavy atom. The SMILES string of the molecule is CNS(=O)(=O)c1ccc(C)c(C(=O)Nc2cccc(NC(=O)OCCOC)c2)c1. The molecule has 156 valence electrons. The summed E-state index contributed by atoms with van der Waals surface area (Å²) in [6.45, 7) is 2.10. The molecule has 29 heavy (non-hydrogen) atoms. The zero-order chi connectivity index (χ0) is 21.4. The highest BCUT2D eigenvalue weighted by atomic mass is 32.2. The number of benzene rings is 2. The van der Waals surface area contributed by atoms with Crippen molar-refractivity contribution in [3.63, 3.8) is 0 Å². The summed E-state index contributed by atoms with van der Waals surface area (Å²) in [4.78, 5) is 24.4. The van der Waals surface area contributed by atoms with E-state index in [1.165, 1.54) is 26.3 Å². The third-order valence-electron chi connectivity index (χ3n) is 3.92. The van der Waals surface area contributed by atoms with Gasteiger partial charge in [-0.3, -0.25) is 10.1 Å². The first kappa shape index (κ1) is 22.3. The van der Waals surface area contributed by atoms with Crippen LogP contribution >= 0.6 is 0 Å². The Labute approximate surface area is 169 Å². The van der Waals surface area contributed by atoms with Crippen molar-refractivity contribution in [1.82, 2.24) is 4.72 Å². The van der Waals surface area contributed by atoms with E-state index in [2.05, 4.69) is 15.4 Å². The van der Waals surface area contributed by atoms with E-state index in [9.17, 15) is 18.0 Å². The molecule has 2 aromatic carbocycles. The Kier molecular flexibility index (Phi) is 7.71. The van der Waals surface area contributed by atoms with E-state index in [0.29, 0.717) is 16.9 Å². The van der Waals surface area contributed by atoms with Crippen LogP contribution in [-0.2, 0) is 19.5 Å². The van der Waals surface area contributed by atoms with Crippen molar-refractivity contribution < 1.29 is 27.5 Å². The number of carbonyl (C=O) groups is 2. The van der Waals surface area contributed by atoms with Gasteiger partial charge in [0.1, 0.15) is 6.61 Å². The van der Waals surface area contributed by atoms with Crippen LogP contribution in [0, 0.1) is 6.92 Å². The number of methoxy groups -OCH3 is 1. The molecule has 0 bridgehead atoms. The van der Waals surface area contributed by atoms with E-state index >= 15 is 0 Å². The number of nitrogens with one attached hydrogen (secondary N) is 3. The fourth-order valence-corrected chi connectivity index (χ4v) is 3.13. The average molecular weight is 421 g/mol. The molecule has 0 saturated heterocycles. The number of aryl methyl sites for hydroxylation is 1. The summed E-state index contributed by atoms with van der Waals surface area (Å²) in [5.41, 5.74) is 1.69. The lowest BCUT2D eigenvalue weighted by molar-refractivity contribution is 0.102. The van der Waals surface area contributed by atoms with E-state index in [0.717, 1.165) is 0 Å². The van der Waals surface area contributed by atoms with Crippen LogP contribution < -0.4 is 15.4 Å². The highest BCUT2D eigenvalue weighted by molar-refractivity contribution is 7.89. The summed E-state index contributed by atoms with van der Waals surface area (Å²) in [6.07, 6.45) is -0.647. The number of hydrogen-bond acceptors (Lipinski definition) is 6. The molecule has 0 aliphatic heterocycles. The van der Waals surface area contributed by atoms with Crippen molar-refractivity contribution >= 4 is 33.4 Å². The maximum atomic E-state index is 12.7. The molecule has 0 atom stereocenters. The molecule has 2 amide bonds. The van der Waals surface area contributed by atoms with Gasteiger partial charge < -0.3 is 14.8 Å². The number of amides is 2. The van der Waals surface area contributed by atoms with Crippen molar-refractivity contribution in [2.75, 3.05) is 38.0 Å². The zero-order valence-corrected chi connectivity index (χ0v) is 17.1. The number of sulfonamides is 1. The van der Waals surface area contributed by atoms with Gasteiger partial charge in [0.25, 0.3) is 5.91 Å². The van der Waals surface area contributed by atoms with E-state index in [4.69, 9.17) is 9.47 Å². The smallest absolute Gasteiger partial charge is 0.411 e. The quantitative estimate of drug-likeness (QED) is 0.562. The number of rotatable bonds is 8. The molecule has 0 saturated carbocycles. The molecule has 0 aromatic heterocycles. The van der Waals surface area contributed by atoms with Crippen molar-refractivity contribution in [3.8, 4) is 0 Å². The highest BCUT2D eigenvalue weighted by Gasteiger charge is 2.17. The Morgan fingerprint density at radius 3 is 2.34 bits per heavy atom. The molecule has 2 aromatic rings. The molecule has 3 N–H and O–H groups in total. The highest BCUT2D eigenvalue weighted by Crippen LogP contribution is 2.19. The second-order valence-electron chi connectivity index (χ2n) is 5.97. The summed E-state index contributed by atoms with van der Waals surface area (Å²) >= 11 is 0. The Hall–Kier alpha value is -2.95. The summed E-state index contributed by atoms with van der Waals surface area (Å²) in [5.74, 6) is -0.476. The van der Waals surface area contributed by atoms with Gasteiger partial charge in [-0.1, -0.05) is 12.1 Å². The van der Waals surface area contributed by atoms with Crippen molar-refractivity contribution in [3.05, 3.63) is 53.6 Å². The van der Waals surface area contributed by atoms with Crippen LogP contribution in [0.25, 0.3) is 0 Å². The van der Waals surface area contributed by atoms with Crippen molar-refractivity contribution in [2.45, 2.75) is 11.8 Å². The largest absolute Gasteiger partial charge is 0.447 e.